The van der Waals surface area contributed by atoms with Crippen LogP contribution in [0.4, 0.5) is 11.4 Å². The van der Waals surface area contributed by atoms with E-state index in [2.05, 4.69) is 15.0 Å². The largest absolute Gasteiger partial charge is 0.465 e. The van der Waals surface area contributed by atoms with E-state index in [0.29, 0.717) is 17.3 Å². The Kier molecular flexibility index (Phi) is 3.21. The number of aliphatic imine (C=N–C) groups is 1. The molecule has 0 saturated heterocycles. The third kappa shape index (κ3) is 2.71. The topological polar surface area (TPSA) is 67.8 Å². The first kappa shape index (κ1) is 11.4. The molecular weight excluding hydrogens is 220 g/mol. The van der Waals surface area contributed by atoms with Gasteiger partial charge < -0.3 is 10.1 Å². The molecule has 0 heterocycles. The van der Waals surface area contributed by atoms with E-state index in [-0.39, 0.29) is 0 Å². The number of isocyanates is 1. The highest BCUT2D eigenvalue weighted by atomic mass is 16.5. The zero-order valence-electron chi connectivity index (χ0n) is 9.40. The van der Waals surface area contributed by atoms with Crippen LogP contribution in [0.25, 0.3) is 0 Å². The van der Waals surface area contributed by atoms with Gasteiger partial charge in [0.25, 0.3) is 0 Å². The lowest BCUT2D eigenvalue weighted by Crippen LogP contribution is -2.04. The van der Waals surface area contributed by atoms with Gasteiger partial charge in [-0.15, -0.1) is 0 Å². The molecule has 5 heteroatoms. The third-order valence-electron chi connectivity index (χ3n) is 2.52. The van der Waals surface area contributed by atoms with Crippen molar-refractivity contribution in [2.45, 2.75) is 18.9 Å². The van der Waals surface area contributed by atoms with Crippen molar-refractivity contribution < 1.29 is 14.3 Å². The molecule has 17 heavy (non-hydrogen) atoms. The maximum Gasteiger partial charge on any atom is 0.337 e. The minimum atomic E-state index is -0.453. The van der Waals surface area contributed by atoms with Crippen molar-refractivity contribution in [3.8, 4) is 0 Å². The molecule has 5 nitrogen and oxygen atoms in total. The molecule has 1 fully saturated rings. The van der Waals surface area contributed by atoms with E-state index >= 15 is 0 Å². The molecule has 0 aromatic heterocycles. The van der Waals surface area contributed by atoms with Gasteiger partial charge in [-0.25, -0.2) is 9.59 Å². The van der Waals surface area contributed by atoms with Crippen LogP contribution in [-0.4, -0.2) is 25.2 Å². The van der Waals surface area contributed by atoms with Gasteiger partial charge in [0.1, 0.15) is 5.69 Å². The van der Waals surface area contributed by atoms with Crippen LogP contribution in [0, 0.1) is 0 Å². The number of hydrogen-bond acceptors (Lipinski definition) is 5. The normalized spacial score (nSPS) is 13.7. The molecular formula is C12H12N2O3. The summed E-state index contributed by atoms with van der Waals surface area (Å²) in [5.74, 6) is -0.453. The smallest absolute Gasteiger partial charge is 0.337 e. The molecule has 0 radical (unpaired) electrons. The Hall–Kier alpha value is -2.13. The molecule has 0 amide bonds. The van der Waals surface area contributed by atoms with Gasteiger partial charge in [0.2, 0.25) is 6.08 Å². The molecule has 0 bridgehead atoms. The molecule has 1 aromatic rings. The number of hydrogen-bond donors (Lipinski definition) is 1. The van der Waals surface area contributed by atoms with Gasteiger partial charge in [-0.05, 0) is 31.0 Å². The Labute approximate surface area is 98.5 Å². The average Bonchev–Trinajstić information content (AvgIpc) is 3.14. The van der Waals surface area contributed by atoms with Crippen molar-refractivity contribution in [1.82, 2.24) is 0 Å². The van der Waals surface area contributed by atoms with Crippen molar-refractivity contribution in [3.63, 3.8) is 0 Å². The highest BCUT2D eigenvalue weighted by Crippen LogP contribution is 2.31. The monoisotopic (exact) mass is 232 g/mol. The van der Waals surface area contributed by atoms with Crippen molar-refractivity contribution in [2.24, 2.45) is 4.99 Å². The van der Waals surface area contributed by atoms with E-state index in [1.54, 1.807) is 12.1 Å². The number of nitrogens with zero attached hydrogens (tertiary/aromatic N) is 1. The summed E-state index contributed by atoms with van der Waals surface area (Å²) >= 11 is 0. The van der Waals surface area contributed by atoms with Gasteiger partial charge in [-0.3, -0.25) is 0 Å². The average molecular weight is 232 g/mol. The number of carbonyl (C=O) groups is 1. The van der Waals surface area contributed by atoms with E-state index in [9.17, 15) is 9.59 Å². The number of esters is 1. The molecule has 1 saturated carbocycles. The summed E-state index contributed by atoms with van der Waals surface area (Å²) in [6.45, 7) is 0. The second kappa shape index (κ2) is 4.80. The van der Waals surface area contributed by atoms with Gasteiger partial charge in [-0.1, -0.05) is 0 Å². The molecule has 1 aromatic carbocycles. The van der Waals surface area contributed by atoms with E-state index in [0.717, 1.165) is 18.5 Å². The summed E-state index contributed by atoms with van der Waals surface area (Å²) < 4.78 is 4.60. The van der Waals surface area contributed by atoms with Crippen LogP contribution in [0.5, 0.6) is 0 Å². The number of rotatable bonds is 4. The fourth-order valence-electron chi connectivity index (χ4n) is 1.49. The Morgan fingerprint density at radius 3 is 2.88 bits per heavy atom. The van der Waals surface area contributed by atoms with Crippen LogP contribution >= 0.6 is 0 Å². The minimum absolute atomic E-state index is 0.364. The Bertz CT molecular complexity index is 489. The first-order valence-electron chi connectivity index (χ1n) is 5.31. The van der Waals surface area contributed by atoms with Crippen LogP contribution in [0.1, 0.15) is 23.2 Å². The lowest BCUT2D eigenvalue weighted by molar-refractivity contribution is 0.0601. The third-order valence-corrected chi connectivity index (χ3v) is 2.52. The predicted octanol–water partition coefficient (Wildman–Crippen LogP) is 2.01. The molecule has 0 aliphatic heterocycles. The van der Waals surface area contributed by atoms with Crippen LogP contribution in [0.3, 0.4) is 0 Å². The lowest BCUT2D eigenvalue weighted by atomic mass is 10.1. The van der Waals surface area contributed by atoms with Gasteiger partial charge in [0.05, 0.1) is 18.4 Å². The summed E-state index contributed by atoms with van der Waals surface area (Å²) in [7, 11) is 1.31. The number of anilines is 1. The van der Waals surface area contributed by atoms with E-state index < -0.39 is 5.97 Å². The van der Waals surface area contributed by atoms with Crippen molar-refractivity contribution >= 4 is 23.4 Å². The summed E-state index contributed by atoms with van der Waals surface area (Å²) in [5, 5.41) is 3.23. The van der Waals surface area contributed by atoms with E-state index in [4.69, 9.17) is 0 Å². The summed E-state index contributed by atoms with van der Waals surface area (Å²) in [4.78, 5) is 25.3. The summed E-state index contributed by atoms with van der Waals surface area (Å²) in [5.41, 5.74) is 1.51. The molecule has 2 rings (SSSR count). The molecule has 88 valence electrons. The van der Waals surface area contributed by atoms with E-state index in [1.807, 2.05) is 0 Å². The van der Waals surface area contributed by atoms with E-state index in [1.165, 1.54) is 19.3 Å². The Balaban J connectivity index is 2.32. The van der Waals surface area contributed by atoms with Crippen LogP contribution in [0.2, 0.25) is 0 Å². The second-order valence-corrected chi connectivity index (χ2v) is 3.85. The summed E-state index contributed by atoms with van der Waals surface area (Å²) in [6, 6.07) is 5.32. The SMILES string of the molecule is COC(=O)c1ccc(NC2CC2)c(N=C=O)c1. The zero-order valence-corrected chi connectivity index (χ0v) is 9.40. The molecule has 1 aliphatic carbocycles. The first-order valence-corrected chi connectivity index (χ1v) is 5.31. The van der Waals surface area contributed by atoms with Crippen molar-refractivity contribution in [1.29, 1.82) is 0 Å². The van der Waals surface area contributed by atoms with Crippen LogP contribution in [-0.2, 0) is 9.53 Å². The minimum Gasteiger partial charge on any atom is -0.465 e. The van der Waals surface area contributed by atoms with Crippen LogP contribution < -0.4 is 5.32 Å². The number of benzene rings is 1. The second-order valence-electron chi connectivity index (χ2n) is 3.85. The summed E-state index contributed by atoms with van der Waals surface area (Å²) in [6.07, 6.45) is 3.71. The lowest BCUT2D eigenvalue weighted by Gasteiger charge is -2.08. The first-order chi connectivity index (χ1) is 8.24. The van der Waals surface area contributed by atoms with Gasteiger partial charge in [0, 0.05) is 6.04 Å². The highest BCUT2D eigenvalue weighted by molar-refractivity contribution is 5.92. The number of nitrogens with one attached hydrogen (secondary N) is 1. The van der Waals surface area contributed by atoms with Gasteiger partial charge in [-0.2, -0.15) is 4.99 Å². The molecule has 1 N–H and O–H groups in total. The van der Waals surface area contributed by atoms with Crippen molar-refractivity contribution in [2.75, 3.05) is 12.4 Å². The Morgan fingerprint density at radius 1 is 1.53 bits per heavy atom. The number of methoxy groups -OCH3 is 1. The molecule has 0 atom stereocenters. The maximum atomic E-state index is 11.3. The molecule has 0 spiro atoms. The van der Waals surface area contributed by atoms with Gasteiger partial charge in [0.15, 0.2) is 0 Å². The fraction of sp³-hybridized carbons (Fsp3) is 0.333. The van der Waals surface area contributed by atoms with Gasteiger partial charge >= 0.3 is 5.97 Å². The number of carbonyl (C=O) groups excluding carboxylic acids is 2. The highest BCUT2D eigenvalue weighted by Gasteiger charge is 2.22. The maximum absolute atomic E-state index is 11.3. The predicted molar refractivity (Wildman–Crippen MR) is 62.2 cm³/mol. The van der Waals surface area contributed by atoms with Crippen molar-refractivity contribution in [3.05, 3.63) is 23.8 Å². The van der Waals surface area contributed by atoms with Crippen LogP contribution in [0.15, 0.2) is 23.2 Å². The quantitative estimate of drug-likeness (QED) is 0.490. The molecule has 0 unspecified atom stereocenters. The standard InChI is InChI=1S/C12H12N2O3/c1-17-12(16)8-2-5-10(14-9-3-4-9)11(6-8)13-7-15/h2,5-6,9,14H,3-4H2,1H3. The zero-order chi connectivity index (χ0) is 12.3. The molecule has 1 aliphatic rings. The number of ether oxygens (including phenoxy) is 1. The Morgan fingerprint density at radius 2 is 2.29 bits per heavy atom. The fourth-order valence-corrected chi connectivity index (χ4v) is 1.49.